The topological polar surface area (TPSA) is 433 Å². The maximum Gasteiger partial charge on any atom is 0.335 e. The molecule has 28 heteroatoms. The van der Waals surface area contributed by atoms with Crippen LogP contribution in [0.4, 0.5) is 0 Å². The van der Waals surface area contributed by atoms with Crippen molar-refractivity contribution < 1.29 is 118 Å². The third-order valence-corrected chi connectivity index (χ3v) is 11.2. The summed E-state index contributed by atoms with van der Waals surface area (Å²) in [6, 6.07) is -2.49. The first kappa shape index (κ1) is 55.7. The molecule has 0 aromatic carbocycles. The molecular formula is C38H66N4O24. The van der Waals surface area contributed by atoms with Crippen LogP contribution >= 0.6 is 0 Å². The summed E-state index contributed by atoms with van der Waals surface area (Å²) in [5.41, 5.74) is 0. The number of rotatable bonds is 25. The van der Waals surface area contributed by atoms with Crippen molar-refractivity contribution >= 4 is 23.8 Å². The average molecular weight is 963 g/mol. The molecule has 4 aliphatic rings. The van der Waals surface area contributed by atoms with E-state index in [2.05, 4.69) is 21.3 Å². The minimum atomic E-state index is -1.99. The number of amides is 2. The van der Waals surface area contributed by atoms with E-state index in [1.54, 1.807) is 0 Å². The lowest BCUT2D eigenvalue weighted by molar-refractivity contribution is -0.343. The van der Waals surface area contributed by atoms with Crippen LogP contribution in [-0.2, 0) is 57.1 Å². The van der Waals surface area contributed by atoms with Crippen LogP contribution in [0.5, 0.6) is 0 Å². The monoisotopic (exact) mass is 962 g/mol. The first-order valence-corrected chi connectivity index (χ1v) is 21.6. The number of aliphatic hydroxyl groups excluding tert-OH is 10. The molecule has 0 aromatic rings. The van der Waals surface area contributed by atoms with Crippen molar-refractivity contribution in [3.8, 4) is 0 Å². The Hall–Kier alpha value is -2.92. The van der Waals surface area contributed by atoms with Crippen molar-refractivity contribution in [3.05, 3.63) is 0 Å². The lowest BCUT2D eigenvalue weighted by atomic mass is 9.95. The molecule has 2 amide bonds. The Morgan fingerprint density at radius 1 is 0.470 bits per heavy atom. The fraction of sp³-hybridized carbons (Fsp3) is 0.895. The molecule has 4 fully saturated rings. The first-order chi connectivity index (χ1) is 31.3. The van der Waals surface area contributed by atoms with Gasteiger partial charge in [0, 0.05) is 40.2 Å². The molecule has 0 aliphatic carbocycles. The van der Waals surface area contributed by atoms with Gasteiger partial charge in [-0.2, -0.15) is 0 Å². The number of hydrogen-bond acceptors (Lipinski definition) is 24. The van der Waals surface area contributed by atoms with Crippen LogP contribution < -0.4 is 21.3 Å². The van der Waals surface area contributed by atoms with E-state index in [4.69, 9.17) is 37.9 Å². The lowest BCUT2D eigenvalue weighted by Gasteiger charge is -2.46. The molecule has 4 heterocycles. The molecule has 382 valence electrons. The van der Waals surface area contributed by atoms with Gasteiger partial charge in [0.25, 0.3) is 0 Å². The van der Waals surface area contributed by atoms with Gasteiger partial charge in [-0.25, -0.2) is 9.59 Å². The smallest absolute Gasteiger partial charge is 0.335 e. The number of unbranched alkanes of at least 4 members (excludes halogenated alkanes) is 2. The number of ether oxygens (including phenoxy) is 8. The summed E-state index contributed by atoms with van der Waals surface area (Å²) in [5.74, 6) is -4.46. The van der Waals surface area contributed by atoms with Crippen LogP contribution in [-0.4, -0.2) is 260 Å². The Morgan fingerprint density at radius 3 is 1.15 bits per heavy atom. The predicted octanol–water partition coefficient (Wildman–Crippen LogP) is -8.52. The van der Waals surface area contributed by atoms with Crippen LogP contribution in [0.15, 0.2) is 0 Å². The van der Waals surface area contributed by atoms with E-state index < -0.39 is 160 Å². The number of carboxylic acid groups (broad SMARTS) is 2. The predicted molar refractivity (Wildman–Crippen MR) is 213 cm³/mol. The number of hydrogen-bond donors (Lipinski definition) is 16. The molecule has 4 rings (SSSR count). The van der Waals surface area contributed by atoms with Crippen molar-refractivity contribution in [2.24, 2.45) is 0 Å². The molecule has 0 saturated carbocycles. The van der Waals surface area contributed by atoms with Gasteiger partial charge in [0.05, 0.1) is 13.2 Å². The van der Waals surface area contributed by atoms with Crippen LogP contribution in [0.1, 0.15) is 39.5 Å². The molecule has 4 saturated heterocycles. The van der Waals surface area contributed by atoms with Crippen LogP contribution in [0.3, 0.4) is 0 Å². The van der Waals surface area contributed by atoms with Crippen molar-refractivity contribution in [1.29, 1.82) is 0 Å². The largest absolute Gasteiger partial charge is 0.479 e. The van der Waals surface area contributed by atoms with Crippen molar-refractivity contribution in [2.75, 3.05) is 52.6 Å². The minimum absolute atomic E-state index is 0.116. The quantitative estimate of drug-likeness (QED) is 0.0378. The molecule has 16 N–H and O–H groups in total. The van der Waals surface area contributed by atoms with E-state index >= 15 is 0 Å². The maximum atomic E-state index is 12.0. The number of aliphatic carboxylic acids is 2. The van der Waals surface area contributed by atoms with E-state index in [0.717, 1.165) is 0 Å². The van der Waals surface area contributed by atoms with Gasteiger partial charge < -0.3 is 120 Å². The molecular weight excluding hydrogens is 896 g/mol. The van der Waals surface area contributed by atoms with E-state index in [1.165, 1.54) is 13.8 Å². The molecule has 66 heavy (non-hydrogen) atoms. The summed E-state index contributed by atoms with van der Waals surface area (Å²) >= 11 is 0. The van der Waals surface area contributed by atoms with Crippen molar-refractivity contribution in [3.63, 3.8) is 0 Å². The second-order valence-corrected chi connectivity index (χ2v) is 16.2. The van der Waals surface area contributed by atoms with E-state index in [-0.39, 0.29) is 13.2 Å². The highest BCUT2D eigenvalue weighted by atomic mass is 16.8. The Bertz CT molecular complexity index is 1420. The number of carbonyl (C=O) groups is 4. The van der Waals surface area contributed by atoms with Gasteiger partial charge in [-0.1, -0.05) is 0 Å². The molecule has 20 atom stereocenters. The Balaban J connectivity index is 1.12. The molecule has 0 spiro atoms. The van der Waals surface area contributed by atoms with E-state index in [0.29, 0.717) is 51.9 Å². The summed E-state index contributed by atoms with van der Waals surface area (Å²) in [7, 11) is 0. The van der Waals surface area contributed by atoms with Crippen molar-refractivity contribution in [2.45, 2.75) is 162 Å². The molecule has 28 nitrogen and oxygen atoms in total. The van der Waals surface area contributed by atoms with Crippen LogP contribution in [0.2, 0.25) is 0 Å². The van der Waals surface area contributed by atoms with Gasteiger partial charge >= 0.3 is 11.9 Å². The van der Waals surface area contributed by atoms with Gasteiger partial charge in [-0.15, -0.1) is 0 Å². The highest BCUT2D eigenvalue weighted by Crippen LogP contribution is 2.32. The number of nitrogens with one attached hydrogen (secondary N) is 4. The Labute approximate surface area is 378 Å². The van der Waals surface area contributed by atoms with E-state index in [1.807, 2.05) is 0 Å². The van der Waals surface area contributed by atoms with Gasteiger partial charge in [0.15, 0.2) is 37.4 Å². The molecule has 4 aliphatic heterocycles. The third kappa shape index (κ3) is 14.8. The zero-order valence-corrected chi connectivity index (χ0v) is 36.3. The van der Waals surface area contributed by atoms with Crippen LogP contribution in [0.25, 0.3) is 0 Å². The highest BCUT2D eigenvalue weighted by molar-refractivity contribution is 5.74. The number of aliphatic hydroxyl groups is 10. The SMILES string of the molecule is CC(=O)N[C@H]1[C@@H](OCCCCNCCNCCCCO[C@H]2O[C@H](CO)[C@@H](O[C@@H]3O[C@H](C(=O)O)[C@@H](O)[C@H](O)[C@H]3O)[C@H](O)[C@H]2NC(C)=O)O[C@H](CO)[C@@H](O[C@@H]2O[C@H](C(=O)O)[C@@H](O)[C@H](O)[C@H]2O)[C@@H]1O. The standard InChI is InChI=1S/C38H66N4O24/c1-15(45)41-19-21(47)29(63-37-27(53)23(49)25(51)31(65-37)33(55)56)17(13-43)61-35(19)59-11-5-3-7-39-9-10-40-8-4-6-12-60-36-20(42-16(2)46)22(48)30(18(14-44)62-36)64-38-28(54)24(50)26(52)32(66-38)34(57)58/h17-32,35-40,43-44,47-54H,3-14H2,1-2H3,(H,41,45)(H,42,46)(H,55,56)(H,57,58)/t17-,18-,19-,20-,21-,22-,23+,24+,25+,26+,27-,28-,29-,30-,31+,32+,35+,36+,37-,38-/m1/s1. The highest BCUT2D eigenvalue weighted by Gasteiger charge is 2.54. The molecule has 0 radical (unpaired) electrons. The number of carbonyl (C=O) groups excluding carboxylic acids is 2. The summed E-state index contributed by atoms with van der Waals surface area (Å²) in [5, 5.41) is 134. The summed E-state index contributed by atoms with van der Waals surface area (Å²) in [6.07, 6.45) is -28.7. The second kappa shape index (κ2) is 26.7. The van der Waals surface area contributed by atoms with Gasteiger partial charge in [-0.05, 0) is 38.8 Å². The molecule has 0 aromatic heterocycles. The normalized spacial score (nSPS) is 39.5. The van der Waals surface area contributed by atoms with Crippen molar-refractivity contribution in [1.82, 2.24) is 21.3 Å². The van der Waals surface area contributed by atoms with Gasteiger partial charge in [0.2, 0.25) is 11.8 Å². The minimum Gasteiger partial charge on any atom is -0.479 e. The Morgan fingerprint density at radius 2 is 0.833 bits per heavy atom. The Kier molecular flexibility index (Phi) is 22.6. The second-order valence-electron chi connectivity index (χ2n) is 16.2. The zero-order chi connectivity index (χ0) is 48.8. The fourth-order valence-electron chi connectivity index (χ4n) is 7.70. The average Bonchev–Trinajstić information content (AvgIpc) is 3.26. The van der Waals surface area contributed by atoms with E-state index in [9.17, 15) is 80.5 Å². The summed E-state index contributed by atoms with van der Waals surface area (Å²) in [4.78, 5) is 47.1. The lowest BCUT2D eigenvalue weighted by Crippen LogP contribution is -2.67. The zero-order valence-electron chi connectivity index (χ0n) is 36.3. The number of carboxylic acids is 2. The molecule has 0 bridgehead atoms. The maximum absolute atomic E-state index is 12.0. The van der Waals surface area contributed by atoms with Gasteiger partial charge in [-0.3, -0.25) is 9.59 Å². The van der Waals surface area contributed by atoms with Crippen LogP contribution in [0, 0.1) is 0 Å². The third-order valence-electron chi connectivity index (χ3n) is 11.2. The fourth-order valence-corrected chi connectivity index (χ4v) is 7.70. The summed E-state index contributed by atoms with van der Waals surface area (Å²) in [6.45, 7) is 3.53. The summed E-state index contributed by atoms with van der Waals surface area (Å²) < 4.78 is 44.7. The van der Waals surface area contributed by atoms with Gasteiger partial charge in [0.1, 0.15) is 85.3 Å². The first-order valence-electron chi connectivity index (χ1n) is 21.6. The molecule has 0 unspecified atom stereocenters.